The van der Waals surface area contributed by atoms with Gasteiger partial charge in [-0.2, -0.15) is 0 Å². The molecule has 2 heterocycles. The lowest BCUT2D eigenvalue weighted by atomic mass is 10.1. The molecule has 0 saturated heterocycles. The Kier molecular flexibility index (Phi) is 5.65. The van der Waals surface area contributed by atoms with E-state index in [-0.39, 0.29) is 17.2 Å². The van der Waals surface area contributed by atoms with Gasteiger partial charge in [-0.05, 0) is 50.5 Å². The number of carbonyl (C=O) groups excluding carboxylic acids is 1. The van der Waals surface area contributed by atoms with Crippen LogP contribution < -0.4 is 10.9 Å². The summed E-state index contributed by atoms with van der Waals surface area (Å²) in [5.41, 5.74) is 3.47. The van der Waals surface area contributed by atoms with Crippen molar-refractivity contribution in [3.63, 3.8) is 0 Å². The molecule has 8 heteroatoms. The van der Waals surface area contributed by atoms with Crippen LogP contribution in [0.4, 0.5) is 5.69 Å². The molecule has 0 fully saturated rings. The van der Waals surface area contributed by atoms with Gasteiger partial charge in [-0.15, -0.1) is 11.3 Å². The predicted molar refractivity (Wildman–Crippen MR) is 115 cm³/mol. The molecule has 142 valence electrons. The van der Waals surface area contributed by atoms with E-state index < -0.39 is 0 Å². The van der Waals surface area contributed by atoms with E-state index in [1.165, 1.54) is 27.7 Å². The van der Waals surface area contributed by atoms with Gasteiger partial charge in [0.25, 0.3) is 5.56 Å². The van der Waals surface area contributed by atoms with E-state index in [0.717, 1.165) is 21.6 Å². The molecule has 0 aliphatic carbocycles. The van der Waals surface area contributed by atoms with E-state index in [1.54, 1.807) is 7.05 Å². The van der Waals surface area contributed by atoms with Crippen LogP contribution in [0, 0.1) is 27.7 Å². The molecule has 0 saturated carbocycles. The molecule has 3 rings (SSSR count). The molecule has 0 radical (unpaired) electrons. The Morgan fingerprint density at radius 1 is 1.30 bits per heavy atom. The summed E-state index contributed by atoms with van der Waals surface area (Å²) in [4.78, 5) is 31.4. The number of halogens is 1. The Morgan fingerprint density at radius 3 is 2.67 bits per heavy atom. The van der Waals surface area contributed by atoms with E-state index in [2.05, 4.69) is 10.3 Å². The molecule has 0 spiro atoms. The van der Waals surface area contributed by atoms with Gasteiger partial charge in [0, 0.05) is 11.9 Å². The molecule has 0 atom stereocenters. The second-order valence-corrected chi connectivity index (χ2v) is 9.05. The van der Waals surface area contributed by atoms with Crippen LogP contribution in [0.2, 0.25) is 5.02 Å². The molecule has 3 aromatic rings. The Morgan fingerprint density at radius 2 is 2.00 bits per heavy atom. The number of nitrogens with zero attached hydrogens (tertiary/aromatic N) is 2. The number of aryl methyl sites for hydroxylation is 4. The number of carbonyl (C=O) groups is 1. The van der Waals surface area contributed by atoms with Crippen molar-refractivity contribution in [3.8, 4) is 0 Å². The van der Waals surface area contributed by atoms with Crippen LogP contribution in [0.3, 0.4) is 0 Å². The van der Waals surface area contributed by atoms with Gasteiger partial charge in [0.15, 0.2) is 5.16 Å². The first-order valence-corrected chi connectivity index (χ1v) is 10.5. The lowest BCUT2D eigenvalue weighted by Gasteiger charge is -2.12. The maximum atomic E-state index is 12.6. The molecule has 5 nitrogen and oxygen atoms in total. The number of anilines is 1. The summed E-state index contributed by atoms with van der Waals surface area (Å²) >= 11 is 8.99. The highest BCUT2D eigenvalue weighted by molar-refractivity contribution is 7.99. The molecule has 1 aromatic carbocycles. The number of thiophene rings is 1. The van der Waals surface area contributed by atoms with Crippen molar-refractivity contribution in [3.05, 3.63) is 49.1 Å². The highest BCUT2D eigenvalue weighted by atomic mass is 35.5. The number of thioether (sulfide) groups is 1. The number of rotatable bonds is 4. The van der Waals surface area contributed by atoms with Gasteiger partial charge in [0.2, 0.25) is 5.91 Å². The minimum absolute atomic E-state index is 0.0813. The molecule has 2 aromatic heterocycles. The van der Waals surface area contributed by atoms with Crippen LogP contribution in [0.5, 0.6) is 0 Å². The zero-order chi connectivity index (χ0) is 19.9. The SMILES string of the molecule is Cc1cc(C)c(NC(=O)CSc2nc3sc(C)c(C)c3c(=O)n2C)c(Cl)c1. The predicted octanol–water partition coefficient (Wildman–Crippen LogP) is 4.61. The molecule has 0 aliphatic heterocycles. The third-order valence-corrected chi connectivity index (χ3v) is 6.83. The maximum Gasteiger partial charge on any atom is 0.262 e. The Labute approximate surface area is 170 Å². The number of hydrogen-bond acceptors (Lipinski definition) is 5. The second kappa shape index (κ2) is 7.66. The maximum absolute atomic E-state index is 12.6. The summed E-state index contributed by atoms with van der Waals surface area (Å²) in [6, 6.07) is 3.78. The monoisotopic (exact) mass is 421 g/mol. The molecular weight excluding hydrogens is 402 g/mol. The largest absolute Gasteiger partial charge is 0.324 e. The first kappa shape index (κ1) is 19.9. The van der Waals surface area contributed by atoms with E-state index in [0.29, 0.717) is 26.1 Å². The number of fused-ring (bicyclic) bond motifs is 1. The number of aromatic nitrogens is 2. The lowest BCUT2D eigenvalue weighted by molar-refractivity contribution is -0.113. The summed E-state index contributed by atoms with van der Waals surface area (Å²) in [6.07, 6.45) is 0. The fraction of sp³-hybridized carbons (Fsp3) is 0.316. The van der Waals surface area contributed by atoms with Crippen molar-refractivity contribution in [2.45, 2.75) is 32.9 Å². The lowest BCUT2D eigenvalue weighted by Crippen LogP contribution is -2.21. The molecule has 0 unspecified atom stereocenters. The van der Waals surface area contributed by atoms with E-state index in [1.807, 2.05) is 39.8 Å². The average Bonchev–Trinajstić information content (AvgIpc) is 2.87. The molecule has 27 heavy (non-hydrogen) atoms. The first-order chi connectivity index (χ1) is 12.7. The average molecular weight is 422 g/mol. The van der Waals surface area contributed by atoms with Crippen LogP contribution in [0.25, 0.3) is 10.2 Å². The fourth-order valence-electron chi connectivity index (χ4n) is 2.86. The van der Waals surface area contributed by atoms with Crippen LogP contribution in [-0.4, -0.2) is 21.2 Å². The van der Waals surface area contributed by atoms with Crippen LogP contribution in [-0.2, 0) is 11.8 Å². The summed E-state index contributed by atoms with van der Waals surface area (Å²) in [5, 5.41) is 4.56. The van der Waals surface area contributed by atoms with Gasteiger partial charge < -0.3 is 5.32 Å². The van der Waals surface area contributed by atoms with Gasteiger partial charge in [0.1, 0.15) is 4.83 Å². The van der Waals surface area contributed by atoms with Crippen LogP contribution in [0.1, 0.15) is 21.6 Å². The van der Waals surface area contributed by atoms with Crippen molar-refractivity contribution >= 4 is 56.5 Å². The summed E-state index contributed by atoms with van der Waals surface area (Å²) in [5.74, 6) is -0.0552. The molecule has 0 bridgehead atoms. The van der Waals surface area contributed by atoms with Gasteiger partial charge in [-0.25, -0.2) is 4.98 Å². The van der Waals surface area contributed by atoms with Crippen LogP contribution in [0.15, 0.2) is 22.1 Å². The molecule has 1 amide bonds. The van der Waals surface area contributed by atoms with Crippen molar-refractivity contribution in [1.82, 2.24) is 9.55 Å². The number of nitrogens with one attached hydrogen (secondary N) is 1. The summed E-state index contributed by atoms with van der Waals surface area (Å²) < 4.78 is 1.50. The zero-order valence-electron chi connectivity index (χ0n) is 15.8. The van der Waals surface area contributed by atoms with Gasteiger partial charge in [-0.3, -0.25) is 14.2 Å². The topological polar surface area (TPSA) is 64.0 Å². The molecule has 0 aliphatic rings. The van der Waals surface area contributed by atoms with Crippen molar-refractivity contribution in [1.29, 1.82) is 0 Å². The quantitative estimate of drug-likeness (QED) is 0.493. The molecular formula is C19H20ClN3O2S2. The Bertz CT molecular complexity index is 1100. The van der Waals surface area contributed by atoms with Gasteiger partial charge >= 0.3 is 0 Å². The number of amides is 1. The van der Waals surface area contributed by atoms with Crippen molar-refractivity contribution in [2.75, 3.05) is 11.1 Å². The van der Waals surface area contributed by atoms with Crippen LogP contribution >= 0.6 is 34.7 Å². The zero-order valence-corrected chi connectivity index (χ0v) is 18.2. The van der Waals surface area contributed by atoms with Crippen molar-refractivity contribution < 1.29 is 4.79 Å². The Balaban J connectivity index is 1.80. The van der Waals surface area contributed by atoms with Gasteiger partial charge in [0.05, 0.1) is 21.8 Å². The molecule has 1 N–H and O–H groups in total. The minimum Gasteiger partial charge on any atom is -0.324 e. The third kappa shape index (κ3) is 3.90. The van der Waals surface area contributed by atoms with Gasteiger partial charge in [-0.1, -0.05) is 29.4 Å². The third-order valence-electron chi connectivity index (χ3n) is 4.40. The number of hydrogen-bond donors (Lipinski definition) is 1. The van der Waals surface area contributed by atoms with E-state index >= 15 is 0 Å². The van der Waals surface area contributed by atoms with E-state index in [4.69, 9.17) is 11.6 Å². The first-order valence-electron chi connectivity index (χ1n) is 8.35. The highest BCUT2D eigenvalue weighted by Crippen LogP contribution is 2.29. The Hall–Kier alpha value is -1.83. The second-order valence-electron chi connectivity index (χ2n) is 6.50. The fourth-order valence-corrected chi connectivity index (χ4v) is 5.08. The van der Waals surface area contributed by atoms with E-state index in [9.17, 15) is 9.59 Å². The normalized spacial score (nSPS) is 11.2. The highest BCUT2D eigenvalue weighted by Gasteiger charge is 2.16. The van der Waals surface area contributed by atoms with Crippen molar-refractivity contribution in [2.24, 2.45) is 7.05 Å². The minimum atomic E-state index is -0.193. The standard InChI is InChI=1S/C19H20ClN3O2S2/c1-9-6-10(2)16(13(20)7-9)21-14(24)8-26-19-22-17-15(18(25)23(19)5)11(3)12(4)27-17/h6-7H,8H2,1-5H3,(H,21,24). The summed E-state index contributed by atoms with van der Waals surface area (Å²) in [6.45, 7) is 7.78. The smallest absolute Gasteiger partial charge is 0.262 e. The number of benzene rings is 1. The summed E-state index contributed by atoms with van der Waals surface area (Å²) in [7, 11) is 1.68.